The minimum atomic E-state index is -0.480. The second-order valence-electron chi connectivity index (χ2n) is 4.80. The van der Waals surface area contributed by atoms with Crippen LogP contribution < -0.4 is 0 Å². The first kappa shape index (κ1) is 14.5. The maximum absolute atomic E-state index is 12.2. The lowest BCUT2D eigenvalue weighted by atomic mass is 9.92. The van der Waals surface area contributed by atoms with E-state index in [9.17, 15) is 4.79 Å². The molecule has 0 N–H and O–H groups in total. The van der Waals surface area contributed by atoms with Gasteiger partial charge in [0.15, 0.2) is 5.78 Å². The molecule has 0 aromatic heterocycles. The molecule has 0 amide bonds. The summed E-state index contributed by atoms with van der Waals surface area (Å²) in [7, 11) is 3.79. The highest BCUT2D eigenvalue weighted by Crippen LogP contribution is 2.24. The highest BCUT2D eigenvalue weighted by atomic mass is 35.5. The summed E-state index contributed by atoms with van der Waals surface area (Å²) >= 11 is 11.8. The summed E-state index contributed by atoms with van der Waals surface area (Å²) in [5.74, 6) is 0.154. The van der Waals surface area contributed by atoms with Crippen molar-refractivity contribution in [3.8, 4) is 0 Å². The van der Waals surface area contributed by atoms with Crippen LogP contribution in [0.1, 0.15) is 19.4 Å². The van der Waals surface area contributed by atoms with E-state index in [4.69, 9.17) is 23.2 Å². The number of benzene rings is 1. The van der Waals surface area contributed by atoms with Gasteiger partial charge in [0.1, 0.15) is 0 Å². The molecule has 1 aromatic rings. The van der Waals surface area contributed by atoms with E-state index in [-0.39, 0.29) is 5.78 Å². The Balaban J connectivity index is 2.85. The van der Waals surface area contributed by atoms with Crippen LogP contribution in [0.2, 0.25) is 10.0 Å². The SMILES string of the molecule is CN(C)C(C)(C)C(=O)Cc1ccc(Cl)c(Cl)c1. The molecule has 0 saturated carbocycles. The number of hydrogen-bond donors (Lipinski definition) is 0. The van der Waals surface area contributed by atoms with Gasteiger partial charge >= 0.3 is 0 Å². The molecule has 4 heteroatoms. The van der Waals surface area contributed by atoms with Crippen LogP contribution in [0.4, 0.5) is 0 Å². The van der Waals surface area contributed by atoms with Crippen LogP contribution in [0.3, 0.4) is 0 Å². The Morgan fingerprint density at radius 2 is 1.82 bits per heavy atom. The Bertz CT molecular complexity index is 427. The molecule has 0 unspecified atom stereocenters. The van der Waals surface area contributed by atoms with Gasteiger partial charge in [0.2, 0.25) is 0 Å². The van der Waals surface area contributed by atoms with E-state index in [1.807, 2.05) is 38.9 Å². The molecule has 0 aliphatic heterocycles. The van der Waals surface area contributed by atoms with Gasteiger partial charge in [-0.25, -0.2) is 0 Å². The fourth-order valence-electron chi connectivity index (χ4n) is 1.30. The maximum Gasteiger partial charge on any atom is 0.156 e. The highest BCUT2D eigenvalue weighted by molar-refractivity contribution is 6.42. The lowest BCUT2D eigenvalue weighted by molar-refractivity contribution is -0.127. The van der Waals surface area contributed by atoms with Gasteiger partial charge in [-0.2, -0.15) is 0 Å². The summed E-state index contributed by atoms with van der Waals surface area (Å²) in [6.45, 7) is 3.82. The molecular formula is C13H17Cl2NO. The van der Waals surface area contributed by atoms with Gasteiger partial charge in [-0.1, -0.05) is 29.3 Å². The maximum atomic E-state index is 12.2. The van der Waals surface area contributed by atoms with Gasteiger partial charge < -0.3 is 0 Å². The monoisotopic (exact) mass is 273 g/mol. The van der Waals surface area contributed by atoms with E-state index in [1.165, 1.54) is 0 Å². The lowest BCUT2D eigenvalue weighted by Crippen LogP contribution is -2.46. The fourth-order valence-corrected chi connectivity index (χ4v) is 1.62. The first-order valence-corrected chi connectivity index (χ1v) is 6.15. The quantitative estimate of drug-likeness (QED) is 0.838. The second-order valence-corrected chi connectivity index (χ2v) is 5.62. The Kier molecular flexibility index (Phi) is 4.59. The first-order chi connectivity index (χ1) is 7.75. The smallest absolute Gasteiger partial charge is 0.156 e. The van der Waals surface area contributed by atoms with E-state index in [0.717, 1.165) is 5.56 Å². The highest BCUT2D eigenvalue weighted by Gasteiger charge is 2.29. The van der Waals surface area contributed by atoms with Crippen LogP contribution in [-0.2, 0) is 11.2 Å². The average molecular weight is 274 g/mol. The zero-order chi connectivity index (χ0) is 13.2. The van der Waals surface area contributed by atoms with Crippen molar-refractivity contribution < 1.29 is 4.79 Å². The van der Waals surface area contributed by atoms with E-state index in [2.05, 4.69) is 0 Å². The predicted octanol–water partition coefficient (Wildman–Crippen LogP) is 3.45. The van der Waals surface area contributed by atoms with Crippen LogP contribution in [0, 0.1) is 0 Å². The molecular weight excluding hydrogens is 257 g/mol. The normalized spacial score (nSPS) is 11.9. The molecule has 1 rings (SSSR count). The number of carbonyl (C=O) groups is 1. The topological polar surface area (TPSA) is 20.3 Å². The number of ketones is 1. The number of rotatable bonds is 4. The van der Waals surface area contributed by atoms with Crippen molar-refractivity contribution in [3.63, 3.8) is 0 Å². The van der Waals surface area contributed by atoms with Gasteiger partial charge in [0.25, 0.3) is 0 Å². The molecule has 0 aliphatic carbocycles. The van der Waals surface area contributed by atoms with Crippen molar-refractivity contribution in [2.24, 2.45) is 0 Å². The van der Waals surface area contributed by atoms with Crippen LogP contribution in [-0.4, -0.2) is 30.3 Å². The minimum Gasteiger partial charge on any atom is -0.298 e. The van der Waals surface area contributed by atoms with Crippen molar-refractivity contribution in [1.82, 2.24) is 4.90 Å². The van der Waals surface area contributed by atoms with Gasteiger partial charge in [0.05, 0.1) is 15.6 Å². The molecule has 17 heavy (non-hydrogen) atoms. The van der Waals surface area contributed by atoms with Crippen molar-refractivity contribution in [3.05, 3.63) is 33.8 Å². The second kappa shape index (κ2) is 5.38. The van der Waals surface area contributed by atoms with Gasteiger partial charge in [-0.3, -0.25) is 9.69 Å². The summed E-state index contributed by atoms with van der Waals surface area (Å²) in [6.07, 6.45) is 0.363. The number of carbonyl (C=O) groups excluding carboxylic acids is 1. The lowest BCUT2D eigenvalue weighted by Gasteiger charge is -2.30. The Morgan fingerprint density at radius 3 is 2.29 bits per heavy atom. The van der Waals surface area contributed by atoms with Crippen LogP contribution in [0.25, 0.3) is 0 Å². The number of nitrogens with zero attached hydrogens (tertiary/aromatic N) is 1. The van der Waals surface area contributed by atoms with E-state index >= 15 is 0 Å². The molecule has 2 nitrogen and oxygen atoms in total. The number of likely N-dealkylation sites (N-methyl/N-ethyl adjacent to an activating group) is 1. The first-order valence-electron chi connectivity index (χ1n) is 5.40. The third-order valence-corrected chi connectivity index (χ3v) is 3.89. The molecule has 0 atom stereocenters. The van der Waals surface area contributed by atoms with E-state index in [1.54, 1.807) is 12.1 Å². The summed E-state index contributed by atoms with van der Waals surface area (Å²) in [5, 5.41) is 0.995. The van der Waals surface area contributed by atoms with Crippen molar-refractivity contribution in [2.75, 3.05) is 14.1 Å². The average Bonchev–Trinajstić information content (AvgIpc) is 2.23. The Labute approximate surface area is 113 Å². The van der Waals surface area contributed by atoms with Gasteiger partial charge in [-0.15, -0.1) is 0 Å². The molecule has 0 heterocycles. The molecule has 0 fully saturated rings. The van der Waals surface area contributed by atoms with Crippen LogP contribution in [0.5, 0.6) is 0 Å². The van der Waals surface area contributed by atoms with Gasteiger partial charge in [0, 0.05) is 6.42 Å². The largest absolute Gasteiger partial charge is 0.298 e. The zero-order valence-electron chi connectivity index (χ0n) is 10.6. The predicted molar refractivity (Wildman–Crippen MR) is 72.9 cm³/mol. The Morgan fingerprint density at radius 1 is 1.24 bits per heavy atom. The molecule has 94 valence electrons. The third-order valence-electron chi connectivity index (χ3n) is 3.15. The molecule has 0 radical (unpaired) electrons. The van der Waals surface area contributed by atoms with Crippen molar-refractivity contribution >= 4 is 29.0 Å². The summed E-state index contributed by atoms with van der Waals surface area (Å²) in [4.78, 5) is 14.1. The summed E-state index contributed by atoms with van der Waals surface area (Å²) in [5.41, 5.74) is 0.408. The van der Waals surface area contributed by atoms with Crippen LogP contribution in [0.15, 0.2) is 18.2 Å². The number of halogens is 2. The molecule has 0 bridgehead atoms. The molecule has 0 saturated heterocycles. The third kappa shape index (κ3) is 3.44. The number of hydrogen-bond acceptors (Lipinski definition) is 2. The fraction of sp³-hybridized carbons (Fsp3) is 0.462. The molecule has 0 spiro atoms. The van der Waals surface area contributed by atoms with Gasteiger partial charge in [-0.05, 0) is 45.6 Å². The van der Waals surface area contributed by atoms with Crippen LogP contribution >= 0.6 is 23.2 Å². The zero-order valence-corrected chi connectivity index (χ0v) is 12.1. The Hall–Kier alpha value is -0.570. The van der Waals surface area contributed by atoms with Crippen molar-refractivity contribution in [2.45, 2.75) is 25.8 Å². The molecule has 0 aliphatic rings. The van der Waals surface area contributed by atoms with Crippen molar-refractivity contribution in [1.29, 1.82) is 0 Å². The minimum absolute atomic E-state index is 0.154. The van der Waals surface area contributed by atoms with E-state index in [0.29, 0.717) is 16.5 Å². The number of Topliss-reactive ketones (excluding diaryl/α,β-unsaturated/α-hetero) is 1. The standard InChI is InChI=1S/C13H17Cl2NO/c1-13(2,16(3)4)12(17)8-9-5-6-10(14)11(15)7-9/h5-7H,8H2,1-4H3. The van der Waals surface area contributed by atoms with E-state index < -0.39 is 5.54 Å². The summed E-state index contributed by atoms with van der Waals surface area (Å²) < 4.78 is 0. The molecule has 1 aromatic carbocycles. The summed E-state index contributed by atoms with van der Waals surface area (Å²) in [6, 6.07) is 5.29.